The fraction of sp³-hybridized carbons (Fsp3) is 0.0667. The smallest absolute Gasteiger partial charge is 0.312 e. The first kappa shape index (κ1) is 16.6. The number of carbonyl (C=O) groups is 1. The van der Waals surface area contributed by atoms with E-state index in [1.807, 2.05) is 30.3 Å². The van der Waals surface area contributed by atoms with Gasteiger partial charge in [0.25, 0.3) is 0 Å². The Balaban J connectivity index is 2.06. The van der Waals surface area contributed by atoms with Crippen molar-refractivity contribution in [3.05, 3.63) is 68.2 Å². The molecule has 7 nitrogen and oxygen atoms in total. The second-order valence-electron chi connectivity index (χ2n) is 4.58. The highest BCUT2D eigenvalue weighted by Gasteiger charge is 2.17. The second kappa shape index (κ2) is 7.50. The summed E-state index contributed by atoms with van der Waals surface area (Å²) in [5.74, 6) is -0.851. The Morgan fingerprint density at radius 2 is 2.04 bits per heavy atom. The van der Waals surface area contributed by atoms with Crippen LogP contribution in [0.25, 0.3) is 0 Å². The van der Waals surface area contributed by atoms with Crippen LogP contribution in [0.1, 0.15) is 11.1 Å². The minimum atomic E-state index is -0.703. The number of halogens is 1. The average Bonchev–Trinajstić information content (AvgIpc) is 2.51. The van der Waals surface area contributed by atoms with Crippen molar-refractivity contribution in [3.8, 4) is 5.75 Å². The Hall–Kier alpha value is -2.74. The van der Waals surface area contributed by atoms with Gasteiger partial charge in [0.2, 0.25) is 11.7 Å². The number of nitro groups is 1. The number of hydrazone groups is 1. The van der Waals surface area contributed by atoms with E-state index < -0.39 is 16.4 Å². The zero-order valence-corrected chi connectivity index (χ0v) is 13.4. The lowest BCUT2D eigenvalue weighted by atomic mass is 10.1. The molecule has 0 saturated carbocycles. The number of benzene rings is 2. The zero-order valence-electron chi connectivity index (χ0n) is 11.8. The molecule has 0 radical (unpaired) electrons. The predicted octanol–water partition coefficient (Wildman–Crippen LogP) is 2.76. The van der Waals surface area contributed by atoms with Crippen molar-refractivity contribution in [2.75, 3.05) is 0 Å². The maximum atomic E-state index is 11.7. The molecule has 0 aliphatic carbocycles. The topological polar surface area (TPSA) is 105 Å². The number of carbonyl (C=O) groups excluding carboxylic acids is 1. The predicted molar refractivity (Wildman–Crippen MR) is 88.3 cm³/mol. The Kier molecular flexibility index (Phi) is 5.42. The SMILES string of the molecule is O=C(Cc1ccccc1)N/N=C/c1cc(Br)cc([N+](=O)[O-])c1O. The maximum Gasteiger partial charge on any atom is 0.312 e. The molecule has 118 valence electrons. The van der Waals surface area contributed by atoms with E-state index in [0.29, 0.717) is 4.47 Å². The summed E-state index contributed by atoms with van der Waals surface area (Å²) in [6, 6.07) is 11.8. The number of hydrogen-bond acceptors (Lipinski definition) is 5. The zero-order chi connectivity index (χ0) is 16.8. The monoisotopic (exact) mass is 377 g/mol. The third kappa shape index (κ3) is 4.62. The average molecular weight is 378 g/mol. The van der Waals surface area contributed by atoms with E-state index in [9.17, 15) is 20.0 Å². The molecular formula is C15H12BrN3O4. The summed E-state index contributed by atoms with van der Waals surface area (Å²) in [6.45, 7) is 0. The molecular weight excluding hydrogens is 366 g/mol. The van der Waals surface area contributed by atoms with E-state index in [2.05, 4.69) is 26.5 Å². The highest BCUT2D eigenvalue weighted by Crippen LogP contribution is 2.32. The first-order valence-electron chi connectivity index (χ1n) is 6.50. The molecule has 0 atom stereocenters. The van der Waals surface area contributed by atoms with Crippen molar-refractivity contribution in [2.24, 2.45) is 5.10 Å². The van der Waals surface area contributed by atoms with E-state index in [0.717, 1.165) is 11.8 Å². The van der Waals surface area contributed by atoms with Gasteiger partial charge in [0, 0.05) is 16.1 Å². The standard InChI is InChI=1S/C15H12BrN3O4/c16-12-7-11(15(21)13(8-12)19(22)23)9-17-18-14(20)6-10-4-2-1-3-5-10/h1-5,7-9,21H,6H2,(H,18,20)/b17-9+. The molecule has 0 heterocycles. The van der Waals surface area contributed by atoms with Crippen LogP contribution in [0.15, 0.2) is 52.0 Å². The molecule has 0 bridgehead atoms. The lowest BCUT2D eigenvalue weighted by molar-refractivity contribution is -0.385. The number of nitro benzene ring substituents is 1. The van der Waals surface area contributed by atoms with Crippen LogP contribution in [0, 0.1) is 10.1 Å². The van der Waals surface area contributed by atoms with Crippen LogP contribution in [0.5, 0.6) is 5.75 Å². The highest BCUT2D eigenvalue weighted by molar-refractivity contribution is 9.10. The molecule has 0 unspecified atom stereocenters. The number of phenolic OH excluding ortho intramolecular Hbond substituents is 1. The lowest BCUT2D eigenvalue weighted by Crippen LogP contribution is -2.19. The van der Waals surface area contributed by atoms with Crippen LogP contribution in [0.2, 0.25) is 0 Å². The molecule has 0 aliphatic heterocycles. The third-order valence-corrected chi connectivity index (χ3v) is 3.34. The van der Waals surface area contributed by atoms with Gasteiger partial charge in [-0.3, -0.25) is 14.9 Å². The van der Waals surface area contributed by atoms with Gasteiger partial charge >= 0.3 is 5.69 Å². The molecule has 0 aliphatic rings. The molecule has 1 amide bonds. The second-order valence-corrected chi connectivity index (χ2v) is 5.49. The van der Waals surface area contributed by atoms with Gasteiger partial charge in [-0.1, -0.05) is 46.3 Å². The Morgan fingerprint density at radius 3 is 2.70 bits per heavy atom. The highest BCUT2D eigenvalue weighted by atomic mass is 79.9. The number of hydrogen-bond donors (Lipinski definition) is 2. The van der Waals surface area contributed by atoms with Crippen molar-refractivity contribution in [1.29, 1.82) is 0 Å². The molecule has 0 saturated heterocycles. The molecule has 2 N–H and O–H groups in total. The van der Waals surface area contributed by atoms with Crippen LogP contribution >= 0.6 is 15.9 Å². The number of nitrogens with zero attached hydrogens (tertiary/aromatic N) is 2. The van der Waals surface area contributed by atoms with Crippen molar-refractivity contribution in [3.63, 3.8) is 0 Å². The van der Waals surface area contributed by atoms with Crippen LogP contribution in [-0.4, -0.2) is 22.2 Å². The van der Waals surface area contributed by atoms with Gasteiger partial charge in [0.05, 0.1) is 17.6 Å². The number of aromatic hydroxyl groups is 1. The number of nitrogens with one attached hydrogen (secondary N) is 1. The molecule has 2 aromatic rings. The quantitative estimate of drug-likeness (QED) is 0.474. The van der Waals surface area contributed by atoms with Gasteiger partial charge in [-0.2, -0.15) is 5.10 Å². The Bertz CT molecular complexity index is 763. The molecule has 8 heteroatoms. The Labute approximate surface area is 139 Å². The van der Waals surface area contributed by atoms with Crippen LogP contribution in [0.3, 0.4) is 0 Å². The van der Waals surface area contributed by atoms with E-state index in [-0.39, 0.29) is 17.9 Å². The minimum absolute atomic E-state index is 0.117. The summed E-state index contributed by atoms with van der Waals surface area (Å²) in [6.07, 6.45) is 1.30. The number of rotatable bonds is 5. The molecule has 0 spiro atoms. The van der Waals surface area contributed by atoms with Crippen molar-refractivity contribution in [2.45, 2.75) is 6.42 Å². The van der Waals surface area contributed by atoms with Crippen LogP contribution in [-0.2, 0) is 11.2 Å². The van der Waals surface area contributed by atoms with Crippen LogP contribution in [0.4, 0.5) is 5.69 Å². The van der Waals surface area contributed by atoms with E-state index >= 15 is 0 Å². The van der Waals surface area contributed by atoms with Gasteiger partial charge in [0.1, 0.15) is 0 Å². The van der Waals surface area contributed by atoms with Crippen molar-refractivity contribution < 1.29 is 14.8 Å². The molecule has 0 fully saturated rings. The van der Waals surface area contributed by atoms with E-state index in [4.69, 9.17) is 0 Å². The third-order valence-electron chi connectivity index (χ3n) is 2.88. The van der Waals surface area contributed by atoms with Crippen LogP contribution < -0.4 is 5.43 Å². The molecule has 0 aromatic heterocycles. The summed E-state index contributed by atoms with van der Waals surface area (Å²) in [5, 5.41) is 24.4. The Morgan fingerprint density at radius 1 is 1.35 bits per heavy atom. The fourth-order valence-corrected chi connectivity index (χ4v) is 2.30. The number of phenols is 1. The van der Waals surface area contributed by atoms with E-state index in [1.54, 1.807) is 0 Å². The summed E-state index contributed by atoms with van der Waals surface area (Å²) < 4.78 is 0.416. The minimum Gasteiger partial charge on any atom is -0.502 e. The van der Waals surface area contributed by atoms with Crippen molar-refractivity contribution >= 4 is 33.7 Å². The maximum absolute atomic E-state index is 11.7. The summed E-state index contributed by atoms with van der Waals surface area (Å²) in [4.78, 5) is 21.8. The largest absolute Gasteiger partial charge is 0.502 e. The number of amides is 1. The molecule has 2 rings (SSSR count). The van der Waals surface area contributed by atoms with Gasteiger partial charge in [-0.15, -0.1) is 0 Å². The normalized spacial score (nSPS) is 10.7. The summed E-state index contributed by atoms with van der Waals surface area (Å²) in [7, 11) is 0. The van der Waals surface area contributed by atoms with Gasteiger partial charge in [-0.05, 0) is 11.6 Å². The van der Waals surface area contributed by atoms with Crippen molar-refractivity contribution in [1.82, 2.24) is 5.43 Å². The summed E-state index contributed by atoms with van der Waals surface area (Å²) >= 11 is 3.12. The van der Waals surface area contributed by atoms with Gasteiger partial charge in [0.15, 0.2) is 0 Å². The van der Waals surface area contributed by atoms with E-state index in [1.165, 1.54) is 12.1 Å². The summed E-state index contributed by atoms with van der Waals surface area (Å²) in [5.41, 5.74) is 2.81. The van der Waals surface area contributed by atoms with Gasteiger partial charge in [-0.25, -0.2) is 5.43 Å². The molecule has 23 heavy (non-hydrogen) atoms. The first-order chi connectivity index (χ1) is 11.0. The first-order valence-corrected chi connectivity index (χ1v) is 7.29. The lowest BCUT2D eigenvalue weighted by Gasteiger charge is -2.02. The van der Waals surface area contributed by atoms with Gasteiger partial charge < -0.3 is 5.11 Å². The fourth-order valence-electron chi connectivity index (χ4n) is 1.84. The molecule has 2 aromatic carbocycles.